The minimum Gasteiger partial charge on any atom is -0.478 e. The van der Waals surface area contributed by atoms with Crippen LogP contribution in [0, 0.1) is 22.7 Å². The predicted octanol–water partition coefficient (Wildman–Crippen LogP) is 4.31. The van der Waals surface area contributed by atoms with Crippen molar-refractivity contribution >= 4 is 23.6 Å². The number of nitrogens with zero attached hydrogens (tertiary/aromatic N) is 3. The van der Waals surface area contributed by atoms with Gasteiger partial charge in [-0.2, -0.15) is 10.5 Å². The highest BCUT2D eigenvalue weighted by Crippen LogP contribution is 2.32. The van der Waals surface area contributed by atoms with Crippen LogP contribution < -0.4 is 4.72 Å². The molecule has 27 heavy (non-hydrogen) atoms. The van der Waals surface area contributed by atoms with E-state index in [-0.39, 0.29) is 5.56 Å². The van der Waals surface area contributed by atoms with Crippen molar-refractivity contribution in [3.63, 3.8) is 0 Å². The molecule has 3 rings (SSSR count). The smallest absolute Gasteiger partial charge is 0.335 e. The van der Waals surface area contributed by atoms with Crippen LogP contribution in [0.3, 0.4) is 0 Å². The normalized spacial score (nSPS) is 9.85. The van der Waals surface area contributed by atoms with Crippen LogP contribution in [-0.2, 0) is 0 Å². The van der Waals surface area contributed by atoms with Crippen molar-refractivity contribution in [3.8, 4) is 23.4 Å². The zero-order chi connectivity index (χ0) is 19.2. The first-order valence-corrected chi connectivity index (χ1v) is 8.60. The third kappa shape index (κ3) is 4.06. The number of hydrogen-bond acceptors (Lipinski definition) is 6. The van der Waals surface area contributed by atoms with Crippen molar-refractivity contribution in [2.24, 2.45) is 0 Å². The van der Waals surface area contributed by atoms with Crippen molar-refractivity contribution in [2.45, 2.75) is 4.90 Å². The van der Waals surface area contributed by atoms with Crippen LogP contribution in [0.5, 0.6) is 0 Å². The van der Waals surface area contributed by atoms with Gasteiger partial charge in [-0.25, -0.2) is 4.79 Å². The molecular formula is C20H12N4O2S. The monoisotopic (exact) mass is 372 g/mol. The lowest BCUT2D eigenvalue weighted by molar-refractivity contribution is 0.0696. The number of nitriles is 2. The molecular weight excluding hydrogens is 360 g/mol. The molecule has 0 saturated carbocycles. The summed E-state index contributed by atoms with van der Waals surface area (Å²) in [5, 5.41) is 27.6. The summed E-state index contributed by atoms with van der Waals surface area (Å²) in [6, 6.07) is 19.1. The number of rotatable bonds is 5. The molecule has 1 heterocycles. The topological polar surface area (TPSA) is 110 Å². The molecule has 0 saturated heterocycles. The number of carbonyl (C=O) groups is 1. The minimum atomic E-state index is -1.07. The summed E-state index contributed by atoms with van der Waals surface area (Å²) in [7, 11) is 0. The maximum Gasteiger partial charge on any atom is 0.335 e. The number of pyridine rings is 1. The molecule has 0 atom stereocenters. The first-order valence-electron chi connectivity index (χ1n) is 7.78. The Morgan fingerprint density at radius 1 is 1.07 bits per heavy atom. The molecule has 0 bridgehead atoms. The van der Waals surface area contributed by atoms with Gasteiger partial charge in [0.05, 0.1) is 34.1 Å². The van der Waals surface area contributed by atoms with E-state index in [2.05, 4.69) is 15.8 Å². The minimum absolute atomic E-state index is 0.0917. The molecule has 1 aromatic heterocycles. The number of carboxylic acids is 1. The SMILES string of the molecule is N#Cc1ccc(-c2ccccn2)c(NSc2cc(C(=O)O)ccc2C#N)c1. The number of carboxylic acid groups (broad SMARTS) is 1. The second-order valence-corrected chi connectivity index (χ2v) is 6.27. The molecule has 0 aliphatic heterocycles. The predicted molar refractivity (Wildman–Crippen MR) is 102 cm³/mol. The molecule has 0 radical (unpaired) electrons. The summed E-state index contributed by atoms with van der Waals surface area (Å²) in [6.45, 7) is 0. The lowest BCUT2D eigenvalue weighted by atomic mass is 10.1. The van der Waals surface area contributed by atoms with E-state index in [9.17, 15) is 15.3 Å². The van der Waals surface area contributed by atoms with E-state index in [0.29, 0.717) is 21.7 Å². The summed E-state index contributed by atoms with van der Waals surface area (Å²) < 4.78 is 3.13. The van der Waals surface area contributed by atoms with Crippen LogP contribution in [0.2, 0.25) is 0 Å². The first kappa shape index (κ1) is 18.0. The maximum absolute atomic E-state index is 11.2. The molecule has 130 valence electrons. The second kappa shape index (κ2) is 8.05. The highest BCUT2D eigenvalue weighted by Gasteiger charge is 2.12. The Morgan fingerprint density at radius 2 is 1.93 bits per heavy atom. The van der Waals surface area contributed by atoms with Gasteiger partial charge in [0.25, 0.3) is 0 Å². The average Bonchev–Trinajstić information content (AvgIpc) is 2.72. The van der Waals surface area contributed by atoms with Gasteiger partial charge in [-0.15, -0.1) is 0 Å². The van der Waals surface area contributed by atoms with Crippen molar-refractivity contribution in [1.82, 2.24) is 4.98 Å². The Kier molecular flexibility index (Phi) is 5.36. The highest BCUT2D eigenvalue weighted by atomic mass is 32.2. The van der Waals surface area contributed by atoms with E-state index in [1.165, 1.54) is 18.2 Å². The van der Waals surface area contributed by atoms with Gasteiger partial charge in [0.2, 0.25) is 0 Å². The molecule has 0 fully saturated rings. The van der Waals surface area contributed by atoms with E-state index < -0.39 is 5.97 Å². The van der Waals surface area contributed by atoms with Gasteiger partial charge < -0.3 is 9.83 Å². The Balaban J connectivity index is 1.97. The Labute approximate surface area is 159 Å². The maximum atomic E-state index is 11.2. The van der Waals surface area contributed by atoms with E-state index in [4.69, 9.17) is 5.11 Å². The fourth-order valence-electron chi connectivity index (χ4n) is 2.39. The fourth-order valence-corrected chi connectivity index (χ4v) is 3.18. The van der Waals surface area contributed by atoms with Gasteiger partial charge in [-0.3, -0.25) is 4.98 Å². The molecule has 2 aromatic carbocycles. The van der Waals surface area contributed by atoms with Crippen molar-refractivity contribution in [1.29, 1.82) is 10.5 Å². The molecule has 7 heteroatoms. The average molecular weight is 372 g/mol. The quantitative estimate of drug-likeness (QED) is 0.642. The van der Waals surface area contributed by atoms with Crippen LogP contribution in [0.15, 0.2) is 65.7 Å². The van der Waals surface area contributed by atoms with Gasteiger partial charge >= 0.3 is 5.97 Å². The van der Waals surface area contributed by atoms with Crippen LogP contribution in [0.4, 0.5) is 5.69 Å². The fraction of sp³-hybridized carbons (Fsp3) is 0. The number of anilines is 1. The molecule has 0 spiro atoms. The summed E-state index contributed by atoms with van der Waals surface area (Å²) >= 11 is 1.11. The number of hydrogen-bond donors (Lipinski definition) is 2. The van der Waals surface area contributed by atoms with Crippen molar-refractivity contribution in [2.75, 3.05) is 4.72 Å². The van der Waals surface area contributed by atoms with Gasteiger partial charge in [0.15, 0.2) is 0 Å². The summed E-state index contributed by atoms with van der Waals surface area (Å²) in [4.78, 5) is 16.0. The number of benzene rings is 2. The molecule has 3 aromatic rings. The van der Waals surface area contributed by atoms with E-state index in [1.54, 1.807) is 24.4 Å². The first-order chi connectivity index (χ1) is 13.1. The van der Waals surface area contributed by atoms with Crippen LogP contribution in [0.1, 0.15) is 21.5 Å². The van der Waals surface area contributed by atoms with Gasteiger partial charge in [0.1, 0.15) is 6.07 Å². The number of aromatic carboxylic acids is 1. The summed E-state index contributed by atoms with van der Waals surface area (Å²) in [5.74, 6) is -1.07. The van der Waals surface area contributed by atoms with Crippen molar-refractivity contribution in [3.05, 3.63) is 77.5 Å². The lowest BCUT2D eigenvalue weighted by Crippen LogP contribution is -1.99. The molecule has 0 amide bonds. The van der Waals surface area contributed by atoms with E-state index >= 15 is 0 Å². The van der Waals surface area contributed by atoms with Crippen LogP contribution >= 0.6 is 11.9 Å². The molecule has 2 N–H and O–H groups in total. The molecule has 0 aliphatic carbocycles. The van der Waals surface area contributed by atoms with E-state index in [0.717, 1.165) is 23.2 Å². The molecule has 6 nitrogen and oxygen atoms in total. The van der Waals surface area contributed by atoms with Crippen molar-refractivity contribution < 1.29 is 9.90 Å². The van der Waals surface area contributed by atoms with Crippen LogP contribution in [-0.4, -0.2) is 16.1 Å². The Bertz CT molecular complexity index is 1090. The standard InChI is InChI=1S/C20H12N4O2S/c21-11-13-4-7-16(17-3-1-2-8-23-17)18(9-13)24-27-19-10-14(20(25)26)5-6-15(19)12-22/h1-10,24H,(H,25,26). The second-order valence-electron chi connectivity index (χ2n) is 5.42. The Morgan fingerprint density at radius 3 is 2.59 bits per heavy atom. The zero-order valence-corrected chi connectivity index (χ0v) is 14.7. The summed E-state index contributed by atoms with van der Waals surface area (Å²) in [5.41, 5.74) is 3.07. The lowest BCUT2D eigenvalue weighted by Gasteiger charge is -2.12. The van der Waals surface area contributed by atoms with Gasteiger partial charge in [0, 0.05) is 16.7 Å². The number of nitrogens with one attached hydrogen (secondary N) is 1. The third-order valence-corrected chi connectivity index (χ3v) is 4.59. The Hall–Kier alpha value is -3.81. The van der Waals surface area contributed by atoms with Crippen LogP contribution in [0.25, 0.3) is 11.3 Å². The molecule has 0 unspecified atom stereocenters. The number of aromatic nitrogens is 1. The highest BCUT2D eigenvalue weighted by molar-refractivity contribution is 8.00. The molecule has 0 aliphatic rings. The zero-order valence-electron chi connectivity index (χ0n) is 13.9. The largest absolute Gasteiger partial charge is 0.478 e. The van der Waals surface area contributed by atoms with Gasteiger partial charge in [-0.1, -0.05) is 6.07 Å². The third-order valence-electron chi connectivity index (χ3n) is 3.71. The van der Waals surface area contributed by atoms with Gasteiger partial charge in [-0.05, 0) is 60.5 Å². The summed E-state index contributed by atoms with van der Waals surface area (Å²) in [6.07, 6.45) is 1.68. The van der Waals surface area contributed by atoms with E-state index in [1.807, 2.05) is 24.3 Å².